The van der Waals surface area contributed by atoms with E-state index in [1.54, 1.807) is 0 Å². The second-order valence-corrected chi connectivity index (χ2v) is 10.1. The molecule has 0 nitrogen and oxygen atoms in total. The van der Waals surface area contributed by atoms with Gasteiger partial charge in [0.05, 0.1) is 15.7 Å². The van der Waals surface area contributed by atoms with Crippen LogP contribution in [0.15, 0.2) is 0 Å². The number of rotatable bonds is 8. The van der Waals surface area contributed by atoms with Gasteiger partial charge in [-0.2, -0.15) is 23.5 Å². The SMILES string of the molecule is CCCSCC1S[S+]1CCSCC. The van der Waals surface area contributed by atoms with Gasteiger partial charge in [0.2, 0.25) is 4.58 Å². The first-order chi connectivity index (χ1) is 6.38. The Labute approximate surface area is 97.5 Å². The summed E-state index contributed by atoms with van der Waals surface area (Å²) in [5.41, 5.74) is 0. The second-order valence-electron chi connectivity index (χ2n) is 2.88. The van der Waals surface area contributed by atoms with E-state index < -0.39 is 0 Å². The van der Waals surface area contributed by atoms with E-state index in [1.807, 2.05) is 0 Å². The standard InChI is InChI=1S/C9H19S4/c1-3-5-11-8-9-12-13(9)7-6-10-4-2/h9H,3-8H2,1-2H3/q+1. The molecule has 2 atom stereocenters. The molecule has 0 N–H and O–H groups in total. The highest BCUT2D eigenvalue weighted by molar-refractivity contribution is 8.90. The van der Waals surface area contributed by atoms with Crippen LogP contribution in [-0.4, -0.2) is 33.3 Å². The molecule has 0 spiro atoms. The molecule has 0 radical (unpaired) electrons. The molecule has 78 valence electrons. The number of hydrogen-bond acceptors (Lipinski definition) is 3. The number of thioether (sulfide) groups is 2. The summed E-state index contributed by atoms with van der Waals surface area (Å²) >= 11 is 4.24. The first-order valence-electron chi connectivity index (χ1n) is 4.90. The van der Waals surface area contributed by atoms with Crippen LogP contribution in [0.2, 0.25) is 0 Å². The molecule has 1 aliphatic rings. The normalized spacial score (nSPS) is 26.3. The maximum Gasteiger partial charge on any atom is 0.231 e. The molecule has 13 heavy (non-hydrogen) atoms. The molecule has 0 saturated carbocycles. The van der Waals surface area contributed by atoms with E-state index in [-0.39, 0.29) is 0 Å². The molecule has 0 aromatic carbocycles. The zero-order chi connectivity index (χ0) is 9.52. The highest BCUT2D eigenvalue weighted by Crippen LogP contribution is 2.48. The van der Waals surface area contributed by atoms with Gasteiger partial charge in [0.15, 0.2) is 10.8 Å². The molecule has 1 saturated heterocycles. The maximum atomic E-state index is 2.27. The lowest BCUT2D eigenvalue weighted by Gasteiger charge is -1.91. The Balaban J connectivity index is 1.85. The first-order valence-corrected chi connectivity index (χ1v) is 10.1. The summed E-state index contributed by atoms with van der Waals surface area (Å²) in [5.74, 6) is 6.93. The van der Waals surface area contributed by atoms with Gasteiger partial charge >= 0.3 is 0 Å². The van der Waals surface area contributed by atoms with Crippen molar-refractivity contribution in [3.63, 3.8) is 0 Å². The van der Waals surface area contributed by atoms with Crippen LogP contribution in [-0.2, 0) is 9.93 Å². The van der Waals surface area contributed by atoms with Gasteiger partial charge in [0, 0.05) is 5.75 Å². The van der Waals surface area contributed by atoms with Crippen molar-refractivity contribution in [3.8, 4) is 0 Å². The lowest BCUT2D eigenvalue weighted by atomic mass is 10.6. The van der Waals surface area contributed by atoms with Crippen LogP contribution >= 0.6 is 34.3 Å². The van der Waals surface area contributed by atoms with Gasteiger partial charge in [-0.25, -0.2) is 0 Å². The van der Waals surface area contributed by atoms with Gasteiger partial charge in [0.1, 0.15) is 5.75 Å². The summed E-state index contributed by atoms with van der Waals surface area (Å²) in [4.78, 5) is 0. The highest BCUT2D eigenvalue weighted by atomic mass is 33.2. The minimum atomic E-state index is 0.767. The largest absolute Gasteiger partial charge is 0.231 e. The highest BCUT2D eigenvalue weighted by Gasteiger charge is 2.52. The van der Waals surface area contributed by atoms with Crippen LogP contribution in [0, 0.1) is 0 Å². The number of hydrogen-bond donors (Lipinski definition) is 0. The van der Waals surface area contributed by atoms with Crippen molar-refractivity contribution in [2.75, 3.05) is 28.8 Å². The first kappa shape index (κ1) is 12.5. The van der Waals surface area contributed by atoms with E-state index in [9.17, 15) is 0 Å². The molecular formula is C9H19S4+. The third-order valence-corrected chi connectivity index (χ3v) is 9.19. The summed E-state index contributed by atoms with van der Waals surface area (Å²) in [6.07, 6.45) is 1.33. The van der Waals surface area contributed by atoms with Gasteiger partial charge in [-0.3, -0.25) is 0 Å². The third kappa shape index (κ3) is 5.75. The summed E-state index contributed by atoms with van der Waals surface area (Å²) < 4.78 is 1.04. The quantitative estimate of drug-likeness (QED) is 0.282. The zero-order valence-electron chi connectivity index (χ0n) is 8.45. The van der Waals surface area contributed by atoms with E-state index in [0.717, 1.165) is 14.5 Å². The molecule has 1 rings (SSSR count). The minimum absolute atomic E-state index is 0.767. The van der Waals surface area contributed by atoms with E-state index in [4.69, 9.17) is 0 Å². The van der Waals surface area contributed by atoms with Crippen molar-refractivity contribution in [2.45, 2.75) is 24.9 Å². The molecule has 1 aliphatic heterocycles. The average Bonchev–Trinajstić information content (AvgIpc) is 2.85. The predicted molar refractivity (Wildman–Crippen MR) is 74.2 cm³/mol. The van der Waals surface area contributed by atoms with Gasteiger partial charge in [-0.05, 0) is 17.9 Å². The van der Waals surface area contributed by atoms with Crippen LogP contribution in [0.4, 0.5) is 0 Å². The molecule has 1 heterocycles. The third-order valence-electron chi connectivity index (χ3n) is 1.72. The molecule has 1 fully saturated rings. The second kappa shape index (κ2) is 7.66. The van der Waals surface area contributed by atoms with Crippen LogP contribution in [0.5, 0.6) is 0 Å². The Hall–Kier alpha value is 1.40. The average molecular weight is 256 g/mol. The van der Waals surface area contributed by atoms with Gasteiger partial charge in [-0.1, -0.05) is 13.8 Å². The van der Waals surface area contributed by atoms with Crippen LogP contribution in [0.3, 0.4) is 0 Å². The van der Waals surface area contributed by atoms with E-state index >= 15 is 0 Å². The fraction of sp³-hybridized carbons (Fsp3) is 1.00. The summed E-state index contributed by atoms with van der Waals surface area (Å²) in [7, 11) is 3.00. The molecular weight excluding hydrogens is 236 g/mol. The van der Waals surface area contributed by atoms with Crippen molar-refractivity contribution in [1.82, 2.24) is 0 Å². The predicted octanol–water partition coefficient (Wildman–Crippen LogP) is 3.49. The van der Waals surface area contributed by atoms with Crippen molar-refractivity contribution in [2.24, 2.45) is 0 Å². The molecule has 2 unspecified atom stereocenters. The zero-order valence-corrected chi connectivity index (χ0v) is 11.7. The molecule has 0 amide bonds. The lowest BCUT2D eigenvalue weighted by molar-refractivity contribution is 1.10. The molecule has 0 aromatic heterocycles. The molecule has 0 aromatic rings. The Morgan fingerprint density at radius 1 is 1.23 bits per heavy atom. The van der Waals surface area contributed by atoms with E-state index in [1.165, 1.54) is 35.2 Å². The maximum absolute atomic E-state index is 2.27. The van der Waals surface area contributed by atoms with Crippen molar-refractivity contribution in [1.29, 1.82) is 0 Å². The molecule has 4 heteroatoms. The van der Waals surface area contributed by atoms with Crippen LogP contribution < -0.4 is 0 Å². The lowest BCUT2D eigenvalue weighted by Crippen LogP contribution is -2.00. The Morgan fingerprint density at radius 3 is 2.77 bits per heavy atom. The van der Waals surface area contributed by atoms with Gasteiger partial charge in [-0.15, -0.1) is 0 Å². The van der Waals surface area contributed by atoms with Crippen LogP contribution in [0.1, 0.15) is 20.3 Å². The van der Waals surface area contributed by atoms with Crippen molar-refractivity contribution < 1.29 is 0 Å². The summed E-state index contributed by atoms with van der Waals surface area (Å²) in [5, 5.41) is 0. The fourth-order valence-corrected chi connectivity index (χ4v) is 8.45. The van der Waals surface area contributed by atoms with Crippen LogP contribution in [0.25, 0.3) is 0 Å². The van der Waals surface area contributed by atoms with E-state index in [0.29, 0.717) is 0 Å². The molecule has 0 aliphatic carbocycles. The van der Waals surface area contributed by atoms with Gasteiger partial charge < -0.3 is 0 Å². The Bertz CT molecular complexity index is 115. The van der Waals surface area contributed by atoms with Crippen molar-refractivity contribution >= 4 is 44.2 Å². The summed E-state index contributed by atoms with van der Waals surface area (Å²) in [6.45, 7) is 4.52. The summed E-state index contributed by atoms with van der Waals surface area (Å²) in [6, 6.07) is 0. The Kier molecular flexibility index (Phi) is 7.35. The van der Waals surface area contributed by atoms with Gasteiger partial charge in [0.25, 0.3) is 0 Å². The van der Waals surface area contributed by atoms with Crippen molar-refractivity contribution in [3.05, 3.63) is 0 Å². The minimum Gasteiger partial charge on any atom is -0.157 e. The Morgan fingerprint density at radius 2 is 2.08 bits per heavy atom. The van der Waals surface area contributed by atoms with E-state index in [2.05, 4.69) is 48.2 Å². The molecule has 0 bridgehead atoms. The smallest absolute Gasteiger partial charge is 0.157 e. The fourth-order valence-electron chi connectivity index (χ4n) is 1.01. The monoisotopic (exact) mass is 255 g/mol. The topological polar surface area (TPSA) is 0 Å².